The predicted molar refractivity (Wildman–Crippen MR) is 53.1 cm³/mol. The SMILES string of the molecule is CC[C@H](N)c1ccc(C)c(C)c1. The van der Waals surface area contributed by atoms with Crippen LogP contribution in [0.25, 0.3) is 0 Å². The van der Waals surface area contributed by atoms with Gasteiger partial charge in [0.15, 0.2) is 0 Å². The summed E-state index contributed by atoms with van der Waals surface area (Å²) in [7, 11) is 0. The molecular formula is C11H17N. The van der Waals surface area contributed by atoms with E-state index in [9.17, 15) is 0 Å². The van der Waals surface area contributed by atoms with Crippen LogP contribution in [-0.2, 0) is 0 Å². The lowest BCUT2D eigenvalue weighted by molar-refractivity contribution is 0.698. The molecule has 0 aromatic heterocycles. The second-order valence-electron chi connectivity index (χ2n) is 3.36. The highest BCUT2D eigenvalue weighted by atomic mass is 14.6. The maximum Gasteiger partial charge on any atom is 0.0292 e. The van der Waals surface area contributed by atoms with Crippen LogP contribution in [-0.4, -0.2) is 0 Å². The molecule has 0 radical (unpaired) electrons. The van der Waals surface area contributed by atoms with Crippen molar-refractivity contribution in [2.24, 2.45) is 5.73 Å². The standard InChI is InChI=1S/C11H17N/c1-4-11(12)10-6-5-8(2)9(3)7-10/h5-7,11H,4,12H2,1-3H3/t11-/m0/s1. The Morgan fingerprint density at radius 1 is 1.25 bits per heavy atom. The van der Waals surface area contributed by atoms with Crippen LogP contribution in [0, 0.1) is 13.8 Å². The molecule has 1 heteroatoms. The van der Waals surface area contributed by atoms with Gasteiger partial charge in [0.05, 0.1) is 0 Å². The van der Waals surface area contributed by atoms with Crippen LogP contribution in [0.15, 0.2) is 18.2 Å². The summed E-state index contributed by atoms with van der Waals surface area (Å²) in [5, 5.41) is 0. The zero-order valence-electron chi connectivity index (χ0n) is 8.09. The van der Waals surface area contributed by atoms with Gasteiger partial charge in [0.25, 0.3) is 0 Å². The molecule has 0 aliphatic carbocycles. The lowest BCUT2D eigenvalue weighted by Crippen LogP contribution is -2.08. The first-order valence-electron chi connectivity index (χ1n) is 4.48. The van der Waals surface area contributed by atoms with E-state index in [1.54, 1.807) is 0 Å². The number of hydrogen-bond acceptors (Lipinski definition) is 1. The molecule has 0 spiro atoms. The van der Waals surface area contributed by atoms with Crippen molar-refractivity contribution in [3.05, 3.63) is 34.9 Å². The van der Waals surface area contributed by atoms with Crippen molar-refractivity contribution in [1.82, 2.24) is 0 Å². The maximum absolute atomic E-state index is 5.91. The summed E-state index contributed by atoms with van der Waals surface area (Å²) in [4.78, 5) is 0. The van der Waals surface area contributed by atoms with Crippen LogP contribution in [0.4, 0.5) is 0 Å². The summed E-state index contributed by atoms with van der Waals surface area (Å²) in [5.41, 5.74) is 9.83. The quantitative estimate of drug-likeness (QED) is 0.712. The van der Waals surface area contributed by atoms with Crippen molar-refractivity contribution in [3.63, 3.8) is 0 Å². The normalized spacial score (nSPS) is 13.0. The first-order valence-corrected chi connectivity index (χ1v) is 4.48. The molecule has 0 aliphatic heterocycles. The Morgan fingerprint density at radius 3 is 2.42 bits per heavy atom. The Kier molecular flexibility index (Phi) is 2.88. The average molecular weight is 163 g/mol. The van der Waals surface area contributed by atoms with Crippen molar-refractivity contribution in [3.8, 4) is 0 Å². The predicted octanol–water partition coefficient (Wildman–Crippen LogP) is 2.71. The molecule has 1 aromatic carbocycles. The minimum Gasteiger partial charge on any atom is -0.324 e. The molecule has 1 nitrogen and oxygen atoms in total. The summed E-state index contributed by atoms with van der Waals surface area (Å²) in [6, 6.07) is 6.64. The van der Waals surface area contributed by atoms with Gasteiger partial charge in [-0.05, 0) is 37.0 Å². The molecule has 0 fully saturated rings. The van der Waals surface area contributed by atoms with Gasteiger partial charge < -0.3 is 5.73 Å². The Hall–Kier alpha value is -0.820. The van der Waals surface area contributed by atoms with Gasteiger partial charge in [-0.15, -0.1) is 0 Å². The lowest BCUT2D eigenvalue weighted by Gasteiger charge is -2.10. The zero-order valence-corrected chi connectivity index (χ0v) is 8.09. The van der Waals surface area contributed by atoms with E-state index in [0.717, 1.165) is 6.42 Å². The molecule has 0 saturated carbocycles. The van der Waals surface area contributed by atoms with Crippen molar-refractivity contribution in [1.29, 1.82) is 0 Å². The van der Waals surface area contributed by atoms with Crippen molar-refractivity contribution in [2.45, 2.75) is 33.2 Å². The van der Waals surface area contributed by atoms with Gasteiger partial charge >= 0.3 is 0 Å². The van der Waals surface area contributed by atoms with E-state index in [1.165, 1.54) is 16.7 Å². The van der Waals surface area contributed by atoms with Crippen LogP contribution in [0.3, 0.4) is 0 Å². The van der Waals surface area contributed by atoms with Crippen LogP contribution < -0.4 is 5.73 Å². The monoisotopic (exact) mass is 163 g/mol. The fraction of sp³-hybridized carbons (Fsp3) is 0.455. The Balaban J connectivity index is 2.96. The van der Waals surface area contributed by atoms with E-state index < -0.39 is 0 Å². The number of aryl methyl sites for hydroxylation is 2. The molecule has 0 bridgehead atoms. The fourth-order valence-corrected chi connectivity index (χ4v) is 1.23. The van der Waals surface area contributed by atoms with E-state index in [1.807, 2.05) is 0 Å². The maximum atomic E-state index is 5.91. The highest BCUT2D eigenvalue weighted by Crippen LogP contribution is 2.17. The number of benzene rings is 1. The van der Waals surface area contributed by atoms with Gasteiger partial charge in [-0.3, -0.25) is 0 Å². The summed E-state index contributed by atoms with van der Waals surface area (Å²) in [6.45, 7) is 6.36. The summed E-state index contributed by atoms with van der Waals surface area (Å²) >= 11 is 0. The van der Waals surface area contributed by atoms with Crippen LogP contribution >= 0.6 is 0 Å². The van der Waals surface area contributed by atoms with E-state index in [-0.39, 0.29) is 6.04 Å². The third-order valence-electron chi connectivity index (χ3n) is 2.40. The molecular weight excluding hydrogens is 146 g/mol. The van der Waals surface area contributed by atoms with E-state index in [2.05, 4.69) is 39.0 Å². The van der Waals surface area contributed by atoms with Gasteiger partial charge in [-0.1, -0.05) is 25.1 Å². The first-order chi connectivity index (χ1) is 5.65. The zero-order chi connectivity index (χ0) is 9.14. The van der Waals surface area contributed by atoms with E-state index in [0.29, 0.717) is 0 Å². The molecule has 1 aromatic rings. The largest absolute Gasteiger partial charge is 0.324 e. The number of rotatable bonds is 2. The number of nitrogens with two attached hydrogens (primary N) is 1. The smallest absolute Gasteiger partial charge is 0.0292 e. The molecule has 0 amide bonds. The van der Waals surface area contributed by atoms with Crippen LogP contribution in [0.1, 0.15) is 36.1 Å². The molecule has 1 atom stereocenters. The topological polar surface area (TPSA) is 26.0 Å². The minimum atomic E-state index is 0.198. The average Bonchev–Trinajstić information content (AvgIpc) is 2.08. The summed E-state index contributed by atoms with van der Waals surface area (Å²) in [5.74, 6) is 0. The van der Waals surface area contributed by atoms with Gasteiger partial charge in [-0.25, -0.2) is 0 Å². The minimum absolute atomic E-state index is 0.198. The van der Waals surface area contributed by atoms with Gasteiger partial charge in [0.2, 0.25) is 0 Å². The molecule has 0 saturated heterocycles. The third kappa shape index (κ3) is 1.86. The molecule has 0 aliphatic rings. The molecule has 66 valence electrons. The first kappa shape index (κ1) is 9.27. The molecule has 0 heterocycles. The van der Waals surface area contributed by atoms with Crippen molar-refractivity contribution in [2.75, 3.05) is 0 Å². The van der Waals surface area contributed by atoms with Gasteiger partial charge in [-0.2, -0.15) is 0 Å². The van der Waals surface area contributed by atoms with E-state index in [4.69, 9.17) is 5.73 Å². The molecule has 12 heavy (non-hydrogen) atoms. The Morgan fingerprint density at radius 2 is 1.92 bits per heavy atom. The third-order valence-corrected chi connectivity index (χ3v) is 2.40. The van der Waals surface area contributed by atoms with Gasteiger partial charge in [0, 0.05) is 6.04 Å². The second-order valence-corrected chi connectivity index (χ2v) is 3.36. The van der Waals surface area contributed by atoms with E-state index >= 15 is 0 Å². The fourth-order valence-electron chi connectivity index (χ4n) is 1.23. The van der Waals surface area contributed by atoms with Crippen LogP contribution in [0.2, 0.25) is 0 Å². The molecule has 1 rings (SSSR count). The Labute approximate surface area is 74.6 Å². The molecule has 0 unspecified atom stereocenters. The lowest BCUT2D eigenvalue weighted by atomic mass is 10.0. The summed E-state index contributed by atoms with van der Waals surface area (Å²) in [6.07, 6.45) is 1.00. The molecule has 2 N–H and O–H groups in total. The highest BCUT2D eigenvalue weighted by molar-refractivity contribution is 5.31. The van der Waals surface area contributed by atoms with Crippen molar-refractivity contribution < 1.29 is 0 Å². The summed E-state index contributed by atoms with van der Waals surface area (Å²) < 4.78 is 0. The highest BCUT2D eigenvalue weighted by Gasteiger charge is 2.03. The number of hydrogen-bond donors (Lipinski definition) is 1. The van der Waals surface area contributed by atoms with Crippen molar-refractivity contribution >= 4 is 0 Å². The Bertz CT molecular complexity index is 266. The van der Waals surface area contributed by atoms with Gasteiger partial charge in [0.1, 0.15) is 0 Å². The second kappa shape index (κ2) is 3.72. The van der Waals surface area contributed by atoms with Crippen LogP contribution in [0.5, 0.6) is 0 Å².